The van der Waals surface area contributed by atoms with Crippen LogP contribution < -0.4 is 4.90 Å². The van der Waals surface area contributed by atoms with Crippen LogP contribution in [0.4, 0.5) is 5.95 Å². The second kappa shape index (κ2) is 9.66. The summed E-state index contributed by atoms with van der Waals surface area (Å²) in [5, 5.41) is 0.675. The van der Waals surface area contributed by atoms with E-state index in [1.165, 1.54) is 0 Å². The first kappa shape index (κ1) is 23.3. The van der Waals surface area contributed by atoms with Crippen molar-refractivity contribution in [3.8, 4) is 11.1 Å². The molecule has 0 bridgehead atoms. The number of piperidine rings is 1. The first-order chi connectivity index (χ1) is 16.9. The van der Waals surface area contributed by atoms with Crippen LogP contribution in [-0.4, -0.2) is 65.3 Å². The Morgan fingerprint density at radius 1 is 1.11 bits per heavy atom. The number of rotatable bonds is 5. The molecule has 5 rings (SSSR count). The van der Waals surface area contributed by atoms with Crippen molar-refractivity contribution in [3.63, 3.8) is 0 Å². The Hall–Kier alpha value is -3.45. The van der Waals surface area contributed by atoms with Gasteiger partial charge in [0.2, 0.25) is 11.9 Å². The van der Waals surface area contributed by atoms with E-state index < -0.39 is 0 Å². The Morgan fingerprint density at radius 3 is 2.63 bits per heavy atom. The average molecular weight is 490 g/mol. The number of nitrogens with zero attached hydrogens (tertiary/aromatic N) is 5. The van der Waals surface area contributed by atoms with Gasteiger partial charge in [-0.1, -0.05) is 41.9 Å². The standard InChI is InChI=1S/C27H28ClN5O2/c1-31(2)27-29-14-23(18-9-11-21(28)12-10-18)25(30-27)20-7-5-13-32(16-20)24(34)17-33-15-19-6-3-4-8-22(19)26(33)35/h3-4,6,8-12,14,20H,5,7,13,15-17H2,1-2H3/t20-/m1/s1. The summed E-state index contributed by atoms with van der Waals surface area (Å²) in [6.45, 7) is 1.83. The van der Waals surface area contributed by atoms with Gasteiger partial charge in [-0.25, -0.2) is 9.97 Å². The molecule has 0 unspecified atom stereocenters. The number of fused-ring (bicyclic) bond motifs is 1. The maximum atomic E-state index is 13.3. The smallest absolute Gasteiger partial charge is 0.254 e. The fourth-order valence-electron chi connectivity index (χ4n) is 4.90. The lowest BCUT2D eigenvalue weighted by atomic mass is 9.90. The lowest BCUT2D eigenvalue weighted by Crippen LogP contribution is -2.45. The molecule has 0 N–H and O–H groups in total. The van der Waals surface area contributed by atoms with E-state index in [0.717, 1.165) is 35.2 Å². The van der Waals surface area contributed by atoms with Crippen LogP contribution in [-0.2, 0) is 11.3 Å². The second-order valence-corrected chi connectivity index (χ2v) is 9.80. The van der Waals surface area contributed by atoms with Crippen molar-refractivity contribution in [3.05, 3.63) is 76.6 Å². The van der Waals surface area contributed by atoms with Crippen molar-refractivity contribution >= 4 is 29.4 Å². The molecule has 0 aliphatic carbocycles. The van der Waals surface area contributed by atoms with E-state index in [2.05, 4.69) is 4.98 Å². The summed E-state index contributed by atoms with van der Waals surface area (Å²) in [4.78, 5) is 40.9. The number of aromatic nitrogens is 2. The molecular weight excluding hydrogens is 462 g/mol. The van der Waals surface area contributed by atoms with E-state index in [1.54, 1.807) is 4.90 Å². The zero-order chi connectivity index (χ0) is 24.5. The summed E-state index contributed by atoms with van der Waals surface area (Å²) < 4.78 is 0. The number of carbonyl (C=O) groups excluding carboxylic acids is 2. The summed E-state index contributed by atoms with van der Waals surface area (Å²) in [5.41, 5.74) is 4.57. The highest BCUT2D eigenvalue weighted by Crippen LogP contribution is 2.34. The maximum Gasteiger partial charge on any atom is 0.254 e. The largest absolute Gasteiger partial charge is 0.347 e. The minimum absolute atomic E-state index is 0.0224. The second-order valence-electron chi connectivity index (χ2n) is 9.37. The van der Waals surface area contributed by atoms with Crippen molar-refractivity contribution in [2.45, 2.75) is 25.3 Å². The zero-order valence-electron chi connectivity index (χ0n) is 19.9. The van der Waals surface area contributed by atoms with Gasteiger partial charge in [0.1, 0.15) is 6.54 Å². The third kappa shape index (κ3) is 4.73. The minimum Gasteiger partial charge on any atom is -0.347 e. The molecule has 7 nitrogen and oxygen atoms in total. The lowest BCUT2D eigenvalue weighted by Gasteiger charge is -2.34. The zero-order valence-corrected chi connectivity index (χ0v) is 20.7. The van der Waals surface area contributed by atoms with E-state index in [0.29, 0.717) is 36.2 Å². The summed E-state index contributed by atoms with van der Waals surface area (Å²) in [6.07, 6.45) is 3.68. The first-order valence-electron chi connectivity index (χ1n) is 11.9. The predicted octanol–water partition coefficient (Wildman–Crippen LogP) is 4.23. The van der Waals surface area contributed by atoms with Crippen molar-refractivity contribution in [2.75, 3.05) is 38.6 Å². The van der Waals surface area contributed by atoms with Gasteiger partial charge >= 0.3 is 0 Å². The molecule has 0 radical (unpaired) electrons. The van der Waals surface area contributed by atoms with Crippen molar-refractivity contribution < 1.29 is 9.59 Å². The van der Waals surface area contributed by atoms with Crippen LogP contribution >= 0.6 is 11.6 Å². The van der Waals surface area contributed by atoms with E-state index in [-0.39, 0.29) is 24.3 Å². The molecule has 35 heavy (non-hydrogen) atoms. The number of halogens is 1. The molecule has 0 spiro atoms. The molecule has 2 aliphatic rings. The number of hydrogen-bond acceptors (Lipinski definition) is 5. The van der Waals surface area contributed by atoms with Crippen molar-refractivity contribution in [1.29, 1.82) is 0 Å². The van der Waals surface area contributed by atoms with Gasteiger partial charge in [-0.2, -0.15) is 0 Å². The Balaban J connectivity index is 1.36. The van der Waals surface area contributed by atoms with E-state index in [9.17, 15) is 9.59 Å². The summed E-state index contributed by atoms with van der Waals surface area (Å²) in [5.74, 6) is 0.623. The maximum absolute atomic E-state index is 13.3. The minimum atomic E-state index is -0.0704. The van der Waals surface area contributed by atoms with Crippen LogP contribution in [0, 0.1) is 0 Å². The topological polar surface area (TPSA) is 69.6 Å². The van der Waals surface area contributed by atoms with Crippen molar-refractivity contribution in [2.24, 2.45) is 0 Å². The van der Waals surface area contributed by atoms with E-state index in [1.807, 2.05) is 78.6 Å². The predicted molar refractivity (Wildman–Crippen MR) is 137 cm³/mol. The molecule has 180 valence electrons. The number of likely N-dealkylation sites (tertiary alicyclic amines) is 1. The number of amides is 2. The number of carbonyl (C=O) groups is 2. The Kier molecular flexibility index (Phi) is 6.43. The van der Waals surface area contributed by atoms with Gasteiger partial charge in [0.25, 0.3) is 5.91 Å². The number of anilines is 1. The Bertz CT molecular complexity index is 1260. The fourth-order valence-corrected chi connectivity index (χ4v) is 5.02. The molecule has 3 aromatic rings. The number of hydrogen-bond donors (Lipinski definition) is 0. The van der Waals surface area contributed by atoms with Gasteiger partial charge in [0.05, 0.1) is 5.69 Å². The van der Waals surface area contributed by atoms with E-state index >= 15 is 0 Å². The monoisotopic (exact) mass is 489 g/mol. The molecule has 1 fully saturated rings. The van der Waals surface area contributed by atoms with Crippen LogP contribution in [0.3, 0.4) is 0 Å². The van der Waals surface area contributed by atoms with Crippen LogP contribution in [0.1, 0.15) is 40.4 Å². The first-order valence-corrected chi connectivity index (χ1v) is 12.2. The molecular formula is C27H28ClN5O2. The molecule has 1 saturated heterocycles. The molecule has 1 aromatic heterocycles. The lowest BCUT2D eigenvalue weighted by molar-refractivity contribution is -0.133. The average Bonchev–Trinajstić information content (AvgIpc) is 3.19. The SMILES string of the molecule is CN(C)c1ncc(-c2ccc(Cl)cc2)c([C@@H]2CCCN(C(=O)CN3Cc4ccccc4C3=O)C2)n1. The normalized spacial score (nSPS) is 17.5. The van der Waals surface area contributed by atoms with Crippen LogP contribution in [0.25, 0.3) is 11.1 Å². The van der Waals surface area contributed by atoms with Gasteiger partial charge in [0, 0.05) is 62.0 Å². The van der Waals surface area contributed by atoms with Gasteiger partial charge < -0.3 is 14.7 Å². The Labute approximate surface area is 210 Å². The molecule has 2 aliphatic heterocycles. The van der Waals surface area contributed by atoms with Crippen molar-refractivity contribution in [1.82, 2.24) is 19.8 Å². The molecule has 3 heterocycles. The van der Waals surface area contributed by atoms with E-state index in [4.69, 9.17) is 16.6 Å². The molecule has 2 aromatic carbocycles. The van der Waals surface area contributed by atoms with Gasteiger partial charge in [-0.3, -0.25) is 9.59 Å². The highest BCUT2D eigenvalue weighted by Gasteiger charge is 2.32. The molecule has 2 amide bonds. The van der Waals surface area contributed by atoms with Gasteiger partial charge in [-0.15, -0.1) is 0 Å². The highest BCUT2D eigenvalue weighted by molar-refractivity contribution is 6.30. The summed E-state index contributed by atoms with van der Waals surface area (Å²) in [6, 6.07) is 15.2. The highest BCUT2D eigenvalue weighted by atomic mass is 35.5. The van der Waals surface area contributed by atoms with Crippen LogP contribution in [0.2, 0.25) is 5.02 Å². The molecule has 8 heteroatoms. The summed E-state index contributed by atoms with van der Waals surface area (Å²) >= 11 is 6.11. The summed E-state index contributed by atoms with van der Waals surface area (Å²) in [7, 11) is 3.84. The van der Waals surface area contributed by atoms with Crippen LogP contribution in [0.15, 0.2) is 54.7 Å². The third-order valence-corrected chi connectivity index (χ3v) is 7.00. The third-order valence-electron chi connectivity index (χ3n) is 6.74. The quantitative estimate of drug-likeness (QED) is 0.536. The van der Waals surface area contributed by atoms with Gasteiger partial charge in [-0.05, 0) is 42.2 Å². The molecule has 1 atom stereocenters. The Morgan fingerprint density at radius 2 is 1.89 bits per heavy atom. The molecule has 0 saturated carbocycles. The number of benzene rings is 2. The fraction of sp³-hybridized carbons (Fsp3) is 0.333. The van der Waals surface area contributed by atoms with Gasteiger partial charge in [0.15, 0.2) is 0 Å². The van der Waals surface area contributed by atoms with Crippen LogP contribution in [0.5, 0.6) is 0 Å².